The number of nitrogens with zero attached hydrogens (tertiary/aromatic N) is 2. The molecule has 0 amide bonds. The lowest BCUT2D eigenvalue weighted by molar-refractivity contribution is 0.580. The van der Waals surface area contributed by atoms with Crippen LogP contribution in [-0.4, -0.2) is 16.0 Å². The van der Waals surface area contributed by atoms with Crippen LogP contribution in [0.1, 0.15) is 31.2 Å². The quantitative estimate of drug-likeness (QED) is 0.731. The molecule has 1 aromatic heterocycles. The van der Waals surface area contributed by atoms with Gasteiger partial charge in [-0.25, -0.2) is 18.7 Å². The van der Waals surface area contributed by atoms with Gasteiger partial charge in [-0.2, -0.15) is 0 Å². The van der Waals surface area contributed by atoms with E-state index in [9.17, 15) is 8.78 Å². The second kappa shape index (κ2) is 6.39. The molecule has 0 radical (unpaired) electrons. The number of nitrogens with one attached hydrogen (secondary N) is 1. The van der Waals surface area contributed by atoms with Crippen LogP contribution in [0.25, 0.3) is 10.9 Å². The van der Waals surface area contributed by atoms with Crippen molar-refractivity contribution in [1.82, 2.24) is 9.97 Å². The SMILES string of the molecule is C[C@@H](Nc1nc(Cc2cc(F)cc(F)c2)nc2ccccc12)C1CC1. The molecule has 0 bridgehead atoms. The molecule has 0 unspecified atom stereocenters. The number of anilines is 1. The normalized spacial score (nSPS) is 15.3. The van der Waals surface area contributed by atoms with Gasteiger partial charge in [0.15, 0.2) is 0 Å². The molecule has 25 heavy (non-hydrogen) atoms. The Kier molecular flexibility index (Phi) is 4.07. The van der Waals surface area contributed by atoms with Crippen molar-refractivity contribution in [2.24, 2.45) is 5.92 Å². The Morgan fingerprint density at radius 1 is 1.08 bits per heavy atom. The van der Waals surface area contributed by atoms with Crippen molar-refractivity contribution in [3.8, 4) is 0 Å². The first-order chi connectivity index (χ1) is 12.1. The Bertz CT molecular complexity index is 902. The maximum absolute atomic E-state index is 13.4. The van der Waals surface area contributed by atoms with E-state index in [1.807, 2.05) is 24.3 Å². The maximum atomic E-state index is 13.4. The lowest BCUT2D eigenvalue weighted by atomic mass is 10.1. The topological polar surface area (TPSA) is 37.8 Å². The van der Waals surface area contributed by atoms with Crippen molar-refractivity contribution >= 4 is 16.7 Å². The molecular formula is C20H19F2N3. The Labute approximate surface area is 145 Å². The number of halogens is 2. The first-order valence-corrected chi connectivity index (χ1v) is 8.55. The summed E-state index contributed by atoms with van der Waals surface area (Å²) in [6.45, 7) is 2.16. The fourth-order valence-corrected chi connectivity index (χ4v) is 3.14. The van der Waals surface area contributed by atoms with E-state index >= 15 is 0 Å². The van der Waals surface area contributed by atoms with Crippen molar-refractivity contribution in [3.05, 3.63) is 65.5 Å². The van der Waals surface area contributed by atoms with E-state index in [0.717, 1.165) is 22.8 Å². The number of hydrogen-bond acceptors (Lipinski definition) is 3. The van der Waals surface area contributed by atoms with Crippen LogP contribution in [0.2, 0.25) is 0 Å². The second-order valence-electron chi connectivity index (χ2n) is 6.73. The van der Waals surface area contributed by atoms with Crippen LogP contribution < -0.4 is 5.32 Å². The van der Waals surface area contributed by atoms with Crippen LogP contribution >= 0.6 is 0 Å². The molecule has 1 atom stereocenters. The van der Waals surface area contributed by atoms with E-state index in [1.54, 1.807) is 0 Å². The van der Waals surface area contributed by atoms with Gasteiger partial charge in [-0.15, -0.1) is 0 Å². The predicted molar refractivity (Wildman–Crippen MR) is 94.5 cm³/mol. The van der Waals surface area contributed by atoms with Gasteiger partial charge in [0.1, 0.15) is 23.3 Å². The van der Waals surface area contributed by atoms with Gasteiger partial charge < -0.3 is 5.32 Å². The number of aromatic nitrogens is 2. The Morgan fingerprint density at radius 3 is 2.52 bits per heavy atom. The molecular weight excluding hydrogens is 320 g/mol. The highest BCUT2D eigenvalue weighted by molar-refractivity contribution is 5.89. The van der Waals surface area contributed by atoms with Gasteiger partial charge in [-0.3, -0.25) is 0 Å². The fourth-order valence-electron chi connectivity index (χ4n) is 3.14. The Morgan fingerprint density at radius 2 is 1.80 bits per heavy atom. The summed E-state index contributed by atoms with van der Waals surface area (Å²) in [7, 11) is 0. The summed E-state index contributed by atoms with van der Waals surface area (Å²) in [5.41, 5.74) is 1.35. The predicted octanol–water partition coefficient (Wildman–Crippen LogP) is 4.71. The molecule has 0 spiro atoms. The second-order valence-corrected chi connectivity index (χ2v) is 6.73. The largest absolute Gasteiger partial charge is 0.367 e. The smallest absolute Gasteiger partial charge is 0.137 e. The molecule has 128 valence electrons. The zero-order valence-electron chi connectivity index (χ0n) is 14.0. The van der Waals surface area contributed by atoms with Gasteiger partial charge in [0.2, 0.25) is 0 Å². The number of benzene rings is 2. The molecule has 1 saturated carbocycles. The third-order valence-corrected chi connectivity index (χ3v) is 4.63. The van der Waals surface area contributed by atoms with Crippen molar-refractivity contribution in [1.29, 1.82) is 0 Å². The number of rotatable bonds is 5. The summed E-state index contributed by atoms with van der Waals surface area (Å²) < 4.78 is 26.9. The van der Waals surface area contributed by atoms with Crippen LogP contribution in [0.3, 0.4) is 0 Å². The average molecular weight is 339 g/mol. The van der Waals surface area contributed by atoms with E-state index in [0.29, 0.717) is 23.3 Å². The van der Waals surface area contributed by atoms with E-state index in [1.165, 1.54) is 25.0 Å². The number of para-hydroxylation sites is 1. The minimum Gasteiger partial charge on any atom is -0.367 e. The molecule has 1 aliphatic carbocycles. The summed E-state index contributed by atoms with van der Waals surface area (Å²) >= 11 is 0. The highest BCUT2D eigenvalue weighted by atomic mass is 19.1. The third kappa shape index (κ3) is 3.60. The molecule has 0 aliphatic heterocycles. The van der Waals surface area contributed by atoms with Gasteiger partial charge >= 0.3 is 0 Å². The molecule has 3 aromatic rings. The summed E-state index contributed by atoms with van der Waals surface area (Å²) in [5, 5.41) is 4.46. The van der Waals surface area contributed by atoms with Crippen LogP contribution in [0, 0.1) is 17.6 Å². The van der Waals surface area contributed by atoms with Gasteiger partial charge in [-0.1, -0.05) is 12.1 Å². The lowest BCUT2D eigenvalue weighted by Gasteiger charge is -2.16. The summed E-state index contributed by atoms with van der Waals surface area (Å²) in [5.74, 6) is 0.855. The molecule has 5 heteroatoms. The zero-order chi connectivity index (χ0) is 17.4. The standard InChI is InChI=1S/C20H19F2N3/c1-12(14-6-7-14)23-20-17-4-2-3-5-18(17)24-19(25-20)10-13-8-15(21)11-16(22)9-13/h2-5,8-9,11-12,14H,6-7,10H2,1H3,(H,23,24,25)/t12-/m1/s1. The molecule has 4 rings (SSSR count). The number of fused-ring (bicyclic) bond motifs is 1. The summed E-state index contributed by atoms with van der Waals surface area (Å²) in [4.78, 5) is 9.20. The highest BCUT2D eigenvalue weighted by Gasteiger charge is 2.28. The Hall–Kier alpha value is -2.56. The van der Waals surface area contributed by atoms with Gasteiger partial charge in [0.05, 0.1) is 5.52 Å². The first-order valence-electron chi connectivity index (χ1n) is 8.55. The molecule has 1 aliphatic rings. The van der Waals surface area contributed by atoms with Gasteiger partial charge in [0, 0.05) is 23.9 Å². The van der Waals surface area contributed by atoms with Gasteiger partial charge in [0.25, 0.3) is 0 Å². The van der Waals surface area contributed by atoms with Gasteiger partial charge in [-0.05, 0) is 55.5 Å². The first kappa shape index (κ1) is 15.9. The minimum atomic E-state index is -0.587. The highest BCUT2D eigenvalue weighted by Crippen LogP contribution is 2.34. The zero-order valence-corrected chi connectivity index (χ0v) is 14.0. The van der Waals surface area contributed by atoms with Crippen LogP contribution in [0.15, 0.2) is 42.5 Å². The minimum absolute atomic E-state index is 0.284. The molecule has 3 nitrogen and oxygen atoms in total. The van der Waals surface area contributed by atoms with Crippen molar-refractivity contribution in [2.75, 3.05) is 5.32 Å². The molecule has 1 fully saturated rings. The van der Waals surface area contributed by atoms with Crippen LogP contribution in [0.5, 0.6) is 0 Å². The summed E-state index contributed by atoms with van der Waals surface area (Å²) in [6, 6.07) is 11.7. The van der Waals surface area contributed by atoms with E-state index in [4.69, 9.17) is 0 Å². The molecule has 0 saturated heterocycles. The molecule has 2 aromatic carbocycles. The average Bonchev–Trinajstić information content (AvgIpc) is 3.39. The third-order valence-electron chi connectivity index (χ3n) is 4.63. The van der Waals surface area contributed by atoms with Crippen LogP contribution in [-0.2, 0) is 6.42 Å². The van der Waals surface area contributed by atoms with Crippen molar-refractivity contribution in [2.45, 2.75) is 32.2 Å². The fraction of sp³-hybridized carbons (Fsp3) is 0.300. The van der Waals surface area contributed by atoms with E-state index < -0.39 is 11.6 Å². The Balaban J connectivity index is 1.70. The number of hydrogen-bond donors (Lipinski definition) is 1. The lowest BCUT2D eigenvalue weighted by Crippen LogP contribution is -2.19. The van der Waals surface area contributed by atoms with Crippen molar-refractivity contribution in [3.63, 3.8) is 0 Å². The van der Waals surface area contributed by atoms with E-state index in [2.05, 4.69) is 22.2 Å². The monoisotopic (exact) mass is 339 g/mol. The molecule has 1 heterocycles. The van der Waals surface area contributed by atoms with E-state index in [-0.39, 0.29) is 6.42 Å². The van der Waals surface area contributed by atoms with Crippen LogP contribution in [0.4, 0.5) is 14.6 Å². The van der Waals surface area contributed by atoms with Crippen molar-refractivity contribution < 1.29 is 8.78 Å². The summed E-state index contributed by atoms with van der Waals surface area (Å²) in [6.07, 6.45) is 2.77. The molecule has 1 N–H and O–H groups in total. The maximum Gasteiger partial charge on any atom is 0.137 e.